The van der Waals surface area contributed by atoms with Gasteiger partial charge in [-0.15, -0.1) is 0 Å². The van der Waals surface area contributed by atoms with Crippen molar-refractivity contribution in [1.82, 2.24) is 24.3 Å². The number of nitrogens with one attached hydrogen (secondary N) is 1. The van der Waals surface area contributed by atoms with E-state index in [1.807, 2.05) is 19.3 Å². The zero-order valence-electron chi connectivity index (χ0n) is 14.4. The summed E-state index contributed by atoms with van der Waals surface area (Å²) in [5.74, 6) is 0.628. The molecule has 4 rings (SSSR count). The Morgan fingerprint density at radius 2 is 2.19 bits per heavy atom. The molecule has 1 aliphatic rings. The topological polar surface area (TPSA) is 85.3 Å². The smallest absolute Gasteiger partial charge is 0.268 e. The molecule has 0 atom stereocenters. The molecule has 0 aromatic carbocycles. The number of aromatic nitrogens is 3. The third kappa shape index (κ3) is 2.90. The summed E-state index contributed by atoms with van der Waals surface area (Å²) in [6.45, 7) is 2.07. The molecule has 8 nitrogen and oxygen atoms in total. The van der Waals surface area contributed by atoms with Gasteiger partial charge in [-0.3, -0.25) is 9.59 Å². The molecule has 1 aliphatic heterocycles. The second kappa shape index (κ2) is 6.55. The van der Waals surface area contributed by atoms with Gasteiger partial charge < -0.3 is 23.8 Å². The summed E-state index contributed by atoms with van der Waals surface area (Å²) in [5, 5.41) is 2.92. The fraction of sp³-hybridized carbons (Fsp3) is 0.278. The predicted octanol–water partition coefficient (Wildman–Crippen LogP) is 1.40. The summed E-state index contributed by atoms with van der Waals surface area (Å²) < 4.78 is 8.82. The van der Waals surface area contributed by atoms with Crippen molar-refractivity contribution in [3.05, 3.63) is 65.9 Å². The molecule has 2 amide bonds. The van der Waals surface area contributed by atoms with Gasteiger partial charge in [0.2, 0.25) is 0 Å². The minimum Gasteiger partial charge on any atom is -0.472 e. The Hall–Kier alpha value is -3.29. The molecule has 0 spiro atoms. The number of nitrogens with zero attached hydrogens (tertiary/aromatic N) is 4. The van der Waals surface area contributed by atoms with Crippen molar-refractivity contribution in [3.63, 3.8) is 0 Å². The number of carbonyl (C=O) groups is 2. The highest BCUT2D eigenvalue weighted by Crippen LogP contribution is 2.17. The van der Waals surface area contributed by atoms with Crippen LogP contribution in [0, 0.1) is 0 Å². The minimum absolute atomic E-state index is 0.0634. The Morgan fingerprint density at radius 3 is 2.92 bits per heavy atom. The van der Waals surface area contributed by atoms with Crippen LogP contribution in [0.25, 0.3) is 0 Å². The number of aryl methyl sites for hydroxylation is 1. The summed E-state index contributed by atoms with van der Waals surface area (Å²) in [6, 6.07) is 5.27. The molecule has 0 bridgehead atoms. The largest absolute Gasteiger partial charge is 0.472 e. The van der Waals surface area contributed by atoms with E-state index in [1.54, 1.807) is 27.8 Å². The molecule has 3 aromatic heterocycles. The van der Waals surface area contributed by atoms with Gasteiger partial charge in [-0.1, -0.05) is 0 Å². The fourth-order valence-corrected chi connectivity index (χ4v) is 3.17. The monoisotopic (exact) mass is 353 g/mol. The lowest BCUT2D eigenvalue weighted by atomic mass is 10.2. The van der Waals surface area contributed by atoms with E-state index < -0.39 is 0 Å². The second-order valence-electron chi connectivity index (χ2n) is 6.24. The van der Waals surface area contributed by atoms with Crippen molar-refractivity contribution in [2.45, 2.75) is 19.6 Å². The standard InChI is InChI=1S/C18H19N5O3/c1-21-5-2-3-15(21)17(24)20-10-14-9-19-16-11-22(6-7-23(14)16)18(25)13-4-8-26-12-13/h2-5,8-9,12H,6-7,10-11H2,1H3,(H,20,24). The molecule has 134 valence electrons. The molecular weight excluding hydrogens is 334 g/mol. The van der Waals surface area contributed by atoms with Gasteiger partial charge in [-0.2, -0.15) is 0 Å². The van der Waals surface area contributed by atoms with Gasteiger partial charge in [0.15, 0.2) is 0 Å². The fourth-order valence-electron chi connectivity index (χ4n) is 3.17. The van der Waals surface area contributed by atoms with Crippen LogP contribution < -0.4 is 5.32 Å². The molecule has 0 saturated carbocycles. The van der Waals surface area contributed by atoms with Crippen LogP contribution in [0.4, 0.5) is 0 Å². The van der Waals surface area contributed by atoms with E-state index in [0.29, 0.717) is 37.4 Å². The predicted molar refractivity (Wildman–Crippen MR) is 92.3 cm³/mol. The maximum atomic E-state index is 12.4. The number of furan rings is 1. The average Bonchev–Trinajstić information content (AvgIpc) is 3.39. The SMILES string of the molecule is Cn1cccc1C(=O)NCc1cnc2n1CCN(C(=O)c1ccoc1)C2. The van der Waals surface area contributed by atoms with E-state index in [2.05, 4.69) is 14.9 Å². The third-order valence-electron chi connectivity index (χ3n) is 4.61. The first-order chi connectivity index (χ1) is 12.6. The lowest BCUT2D eigenvalue weighted by Crippen LogP contribution is -2.39. The summed E-state index contributed by atoms with van der Waals surface area (Å²) in [6.07, 6.45) is 6.53. The van der Waals surface area contributed by atoms with Gasteiger partial charge >= 0.3 is 0 Å². The summed E-state index contributed by atoms with van der Waals surface area (Å²) in [5.41, 5.74) is 2.08. The maximum Gasteiger partial charge on any atom is 0.268 e. The van der Waals surface area contributed by atoms with Crippen LogP contribution in [0.2, 0.25) is 0 Å². The highest BCUT2D eigenvalue weighted by molar-refractivity contribution is 5.94. The first-order valence-corrected chi connectivity index (χ1v) is 8.38. The molecule has 0 aliphatic carbocycles. The molecule has 0 saturated heterocycles. The van der Waals surface area contributed by atoms with E-state index in [0.717, 1.165) is 11.5 Å². The van der Waals surface area contributed by atoms with Crippen LogP contribution in [0.15, 0.2) is 47.5 Å². The van der Waals surface area contributed by atoms with Crippen LogP contribution in [0.3, 0.4) is 0 Å². The van der Waals surface area contributed by atoms with Crippen LogP contribution in [0.5, 0.6) is 0 Å². The van der Waals surface area contributed by atoms with Crippen LogP contribution in [-0.2, 0) is 26.7 Å². The summed E-state index contributed by atoms with van der Waals surface area (Å²) >= 11 is 0. The Morgan fingerprint density at radius 1 is 1.31 bits per heavy atom. The summed E-state index contributed by atoms with van der Waals surface area (Å²) in [4.78, 5) is 30.8. The van der Waals surface area contributed by atoms with Gasteiger partial charge in [-0.25, -0.2) is 4.98 Å². The highest BCUT2D eigenvalue weighted by Gasteiger charge is 2.25. The lowest BCUT2D eigenvalue weighted by Gasteiger charge is -2.28. The molecule has 0 unspecified atom stereocenters. The molecule has 8 heteroatoms. The summed E-state index contributed by atoms with van der Waals surface area (Å²) in [7, 11) is 1.83. The van der Waals surface area contributed by atoms with Gasteiger partial charge in [-0.05, 0) is 18.2 Å². The van der Waals surface area contributed by atoms with Crippen LogP contribution >= 0.6 is 0 Å². The third-order valence-corrected chi connectivity index (χ3v) is 4.61. The molecular formula is C18H19N5O3. The minimum atomic E-state index is -0.124. The quantitative estimate of drug-likeness (QED) is 0.768. The Labute approximate surface area is 150 Å². The second-order valence-corrected chi connectivity index (χ2v) is 6.24. The van der Waals surface area contributed by atoms with E-state index >= 15 is 0 Å². The van der Waals surface area contributed by atoms with Crippen molar-refractivity contribution < 1.29 is 14.0 Å². The average molecular weight is 353 g/mol. The normalized spacial score (nSPS) is 13.5. The lowest BCUT2D eigenvalue weighted by molar-refractivity contribution is 0.0705. The zero-order valence-corrected chi connectivity index (χ0v) is 14.4. The first-order valence-electron chi connectivity index (χ1n) is 8.38. The van der Waals surface area contributed by atoms with E-state index in [4.69, 9.17) is 4.42 Å². The van der Waals surface area contributed by atoms with E-state index in [1.165, 1.54) is 12.5 Å². The van der Waals surface area contributed by atoms with E-state index in [-0.39, 0.29) is 11.8 Å². The van der Waals surface area contributed by atoms with Gasteiger partial charge in [0.25, 0.3) is 11.8 Å². The van der Waals surface area contributed by atoms with E-state index in [9.17, 15) is 9.59 Å². The van der Waals surface area contributed by atoms with Crippen molar-refractivity contribution in [3.8, 4) is 0 Å². The Bertz CT molecular complexity index is 938. The number of imidazole rings is 1. The zero-order chi connectivity index (χ0) is 18.1. The van der Waals surface area contributed by atoms with Crippen molar-refractivity contribution in [2.24, 2.45) is 7.05 Å². The molecule has 0 radical (unpaired) electrons. The molecule has 1 N–H and O–H groups in total. The molecule has 4 heterocycles. The number of carbonyl (C=O) groups excluding carboxylic acids is 2. The first kappa shape index (κ1) is 16.2. The van der Waals surface area contributed by atoms with Crippen molar-refractivity contribution in [1.29, 1.82) is 0 Å². The molecule has 26 heavy (non-hydrogen) atoms. The van der Waals surface area contributed by atoms with Crippen molar-refractivity contribution in [2.75, 3.05) is 6.54 Å². The Kier molecular flexibility index (Phi) is 4.08. The van der Waals surface area contributed by atoms with Gasteiger partial charge in [0.05, 0.1) is 36.8 Å². The number of rotatable bonds is 4. The number of hydrogen-bond donors (Lipinski definition) is 1. The number of amides is 2. The van der Waals surface area contributed by atoms with Crippen molar-refractivity contribution >= 4 is 11.8 Å². The van der Waals surface area contributed by atoms with Gasteiger partial charge in [0.1, 0.15) is 17.8 Å². The van der Waals surface area contributed by atoms with Crippen LogP contribution in [-0.4, -0.2) is 37.4 Å². The highest BCUT2D eigenvalue weighted by atomic mass is 16.3. The maximum absolute atomic E-state index is 12.4. The number of fused-ring (bicyclic) bond motifs is 1. The number of hydrogen-bond acceptors (Lipinski definition) is 4. The van der Waals surface area contributed by atoms with Gasteiger partial charge in [0, 0.05) is 26.3 Å². The Balaban J connectivity index is 1.42. The van der Waals surface area contributed by atoms with Crippen LogP contribution in [0.1, 0.15) is 32.4 Å². The molecule has 3 aromatic rings. The molecule has 0 fully saturated rings.